The number of halogens is 2. The van der Waals surface area contributed by atoms with Crippen LogP contribution >= 0.6 is 36.2 Å². The van der Waals surface area contributed by atoms with Crippen molar-refractivity contribution in [3.8, 4) is 22.1 Å². The molecule has 1 aromatic carbocycles. The van der Waals surface area contributed by atoms with Gasteiger partial charge >= 0.3 is 0 Å². The lowest BCUT2D eigenvalue weighted by Crippen LogP contribution is -2.47. The second kappa shape index (κ2) is 10.9. The molecule has 156 valence electrons. The van der Waals surface area contributed by atoms with Crippen molar-refractivity contribution in [1.82, 2.24) is 9.88 Å². The molecule has 2 N–H and O–H groups in total. The van der Waals surface area contributed by atoms with Gasteiger partial charge in [-0.1, -0.05) is 0 Å². The lowest BCUT2D eigenvalue weighted by molar-refractivity contribution is 0.0627. The Bertz CT molecular complexity index is 801. The molecule has 2 heterocycles. The number of piperidine rings is 1. The van der Waals surface area contributed by atoms with Gasteiger partial charge in [0.15, 0.2) is 11.5 Å². The van der Waals surface area contributed by atoms with Crippen LogP contribution in [0, 0.1) is 6.92 Å². The standard InChI is InChI=1S/C19H25N3O3S.2ClH/c1-12-17(19(23)22-9-5-4-6-14(22)11-20)26-18(21-12)13-7-8-15(24-2)16(10-13)25-3;;/h7-8,10,14H,4-6,9,11,20H2,1-3H3;2*1H. The largest absolute Gasteiger partial charge is 0.493 e. The third-order valence-corrected chi connectivity index (χ3v) is 5.98. The fourth-order valence-electron chi connectivity index (χ4n) is 3.33. The molecular weight excluding hydrogens is 421 g/mol. The first-order valence-corrected chi connectivity index (χ1v) is 9.61. The Kier molecular flexibility index (Phi) is 9.50. The maximum absolute atomic E-state index is 13.1. The molecule has 1 amide bonds. The van der Waals surface area contributed by atoms with Crippen molar-refractivity contribution in [2.75, 3.05) is 27.3 Å². The topological polar surface area (TPSA) is 77.7 Å². The van der Waals surface area contributed by atoms with E-state index in [1.54, 1.807) is 14.2 Å². The van der Waals surface area contributed by atoms with Crippen LogP contribution in [0.1, 0.15) is 34.6 Å². The number of benzene rings is 1. The Hall–Kier alpha value is -1.54. The van der Waals surface area contributed by atoms with Gasteiger partial charge in [-0.15, -0.1) is 36.2 Å². The van der Waals surface area contributed by atoms with Crippen LogP contribution in [-0.2, 0) is 0 Å². The zero-order valence-corrected chi connectivity index (χ0v) is 18.7. The van der Waals surface area contributed by atoms with E-state index in [1.165, 1.54) is 11.3 Å². The summed E-state index contributed by atoms with van der Waals surface area (Å²) in [5, 5.41) is 0.799. The Balaban J connectivity index is 0.00000196. The number of methoxy groups -OCH3 is 2. The summed E-state index contributed by atoms with van der Waals surface area (Å²) in [6.45, 7) is 3.16. The number of carbonyl (C=O) groups is 1. The molecule has 0 spiro atoms. The highest BCUT2D eigenvalue weighted by molar-refractivity contribution is 7.17. The summed E-state index contributed by atoms with van der Waals surface area (Å²) in [7, 11) is 3.21. The van der Waals surface area contributed by atoms with Crippen molar-refractivity contribution >= 4 is 42.1 Å². The Morgan fingerprint density at radius 2 is 1.96 bits per heavy atom. The molecule has 1 unspecified atom stereocenters. The van der Waals surface area contributed by atoms with Crippen molar-refractivity contribution in [2.45, 2.75) is 32.2 Å². The monoisotopic (exact) mass is 447 g/mol. The number of nitrogens with two attached hydrogens (primary N) is 1. The summed E-state index contributed by atoms with van der Waals surface area (Å²) < 4.78 is 10.7. The fraction of sp³-hybridized carbons (Fsp3) is 0.474. The predicted octanol–water partition coefficient (Wildman–Crippen LogP) is 3.93. The van der Waals surface area contributed by atoms with E-state index in [0.717, 1.165) is 42.1 Å². The molecule has 0 bridgehead atoms. The molecule has 0 radical (unpaired) electrons. The maximum Gasteiger partial charge on any atom is 0.266 e. The molecule has 1 atom stereocenters. The van der Waals surface area contributed by atoms with Crippen molar-refractivity contribution < 1.29 is 14.3 Å². The summed E-state index contributed by atoms with van der Waals surface area (Å²) in [5.41, 5.74) is 7.53. The van der Waals surface area contributed by atoms with Crippen LogP contribution in [0.5, 0.6) is 11.5 Å². The van der Waals surface area contributed by atoms with Crippen LogP contribution in [0.15, 0.2) is 18.2 Å². The summed E-state index contributed by atoms with van der Waals surface area (Å²) in [5.74, 6) is 1.35. The highest BCUT2D eigenvalue weighted by atomic mass is 35.5. The third-order valence-electron chi connectivity index (χ3n) is 4.78. The number of hydrogen-bond donors (Lipinski definition) is 1. The van der Waals surface area contributed by atoms with Gasteiger partial charge in [-0.2, -0.15) is 0 Å². The lowest BCUT2D eigenvalue weighted by atomic mass is 10.0. The van der Waals surface area contributed by atoms with Gasteiger partial charge in [0.1, 0.15) is 9.88 Å². The van der Waals surface area contributed by atoms with E-state index >= 15 is 0 Å². The molecule has 9 heteroatoms. The fourth-order valence-corrected chi connectivity index (χ4v) is 4.35. The quantitative estimate of drug-likeness (QED) is 0.750. The molecular formula is C19H27Cl2N3O3S. The van der Waals surface area contributed by atoms with Gasteiger partial charge in [-0.05, 0) is 44.4 Å². The highest BCUT2D eigenvalue weighted by Gasteiger charge is 2.29. The van der Waals surface area contributed by atoms with Gasteiger partial charge in [-0.3, -0.25) is 4.79 Å². The number of ether oxygens (including phenoxy) is 2. The van der Waals surface area contributed by atoms with Crippen molar-refractivity contribution in [2.24, 2.45) is 5.73 Å². The number of aryl methyl sites for hydroxylation is 1. The molecule has 3 rings (SSSR count). The van der Waals surface area contributed by atoms with Gasteiger partial charge in [0, 0.05) is 24.7 Å². The first-order valence-electron chi connectivity index (χ1n) is 8.80. The first-order chi connectivity index (χ1) is 12.6. The minimum atomic E-state index is 0. The number of carbonyl (C=O) groups excluding carboxylic acids is 1. The van der Waals surface area contributed by atoms with Gasteiger partial charge in [0.05, 0.1) is 19.9 Å². The molecule has 0 aliphatic carbocycles. The van der Waals surface area contributed by atoms with Crippen LogP contribution in [0.25, 0.3) is 10.6 Å². The molecule has 0 saturated carbocycles. The van der Waals surface area contributed by atoms with Gasteiger partial charge in [0.25, 0.3) is 5.91 Å². The minimum Gasteiger partial charge on any atom is -0.493 e. The number of aromatic nitrogens is 1. The Labute approximate surface area is 182 Å². The van der Waals surface area contributed by atoms with Crippen LogP contribution in [0.2, 0.25) is 0 Å². The molecule has 1 aromatic heterocycles. The molecule has 1 fully saturated rings. The van der Waals surface area contributed by atoms with Crippen LogP contribution in [0.4, 0.5) is 0 Å². The summed E-state index contributed by atoms with van der Waals surface area (Å²) >= 11 is 1.42. The van der Waals surface area contributed by atoms with E-state index in [-0.39, 0.29) is 36.8 Å². The van der Waals surface area contributed by atoms with Gasteiger partial charge in [0.2, 0.25) is 0 Å². The van der Waals surface area contributed by atoms with Crippen molar-refractivity contribution in [3.63, 3.8) is 0 Å². The molecule has 6 nitrogen and oxygen atoms in total. The van der Waals surface area contributed by atoms with E-state index in [0.29, 0.717) is 22.9 Å². The van der Waals surface area contributed by atoms with Crippen LogP contribution in [0.3, 0.4) is 0 Å². The van der Waals surface area contributed by atoms with Crippen molar-refractivity contribution in [3.05, 3.63) is 28.8 Å². The Morgan fingerprint density at radius 1 is 1.25 bits per heavy atom. The Morgan fingerprint density at radius 3 is 2.61 bits per heavy atom. The SMILES string of the molecule is COc1ccc(-c2nc(C)c(C(=O)N3CCCCC3CN)s2)cc1OC.Cl.Cl. The van der Waals surface area contributed by atoms with E-state index in [9.17, 15) is 4.79 Å². The molecule has 1 saturated heterocycles. The molecule has 28 heavy (non-hydrogen) atoms. The first kappa shape index (κ1) is 24.5. The zero-order chi connectivity index (χ0) is 18.7. The second-order valence-electron chi connectivity index (χ2n) is 6.39. The van der Waals surface area contributed by atoms with Crippen LogP contribution < -0.4 is 15.2 Å². The predicted molar refractivity (Wildman–Crippen MR) is 118 cm³/mol. The summed E-state index contributed by atoms with van der Waals surface area (Å²) in [4.78, 5) is 20.3. The summed E-state index contributed by atoms with van der Waals surface area (Å²) in [6, 6.07) is 5.79. The van der Waals surface area contributed by atoms with Gasteiger partial charge in [-0.25, -0.2) is 4.98 Å². The normalized spacial score (nSPS) is 16.0. The smallest absolute Gasteiger partial charge is 0.266 e. The second-order valence-corrected chi connectivity index (χ2v) is 7.39. The van der Waals surface area contributed by atoms with E-state index in [1.807, 2.05) is 30.0 Å². The average Bonchev–Trinajstić information content (AvgIpc) is 3.08. The zero-order valence-electron chi connectivity index (χ0n) is 16.3. The number of rotatable bonds is 5. The lowest BCUT2D eigenvalue weighted by Gasteiger charge is -2.34. The van der Waals surface area contributed by atoms with Gasteiger partial charge < -0.3 is 20.1 Å². The maximum atomic E-state index is 13.1. The summed E-state index contributed by atoms with van der Waals surface area (Å²) in [6.07, 6.45) is 3.13. The van der Waals surface area contributed by atoms with Crippen molar-refractivity contribution in [1.29, 1.82) is 0 Å². The number of likely N-dealkylation sites (tertiary alicyclic amines) is 1. The molecule has 1 aliphatic heterocycles. The average molecular weight is 448 g/mol. The number of nitrogens with zero attached hydrogens (tertiary/aromatic N) is 2. The number of hydrogen-bond acceptors (Lipinski definition) is 6. The number of thiazole rings is 1. The third kappa shape index (κ3) is 4.89. The highest BCUT2D eigenvalue weighted by Crippen LogP contribution is 2.35. The van der Waals surface area contributed by atoms with E-state index < -0.39 is 0 Å². The van der Waals surface area contributed by atoms with E-state index in [4.69, 9.17) is 15.2 Å². The minimum absolute atomic E-state index is 0. The number of amides is 1. The molecule has 2 aromatic rings. The van der Waals surface area contributed by atoms with Crippen LogP contribution in [-0.4, -0.2) is 49.1 Å². The van der Waals surface area contributed by atoms with E-state index in [2.05, 4.69) is 4.98 Å². The molecule has 1 aliphatic rings.